The minimum atomic E-state index is -0.586. The van der Waals surface area contributed by atoms with Crippen molar-refractivity contribution in [1.29, 1.82) is 0 Å². The van der Waals surface area contributed by atoms with Crippen LogP contribution < -0.4 is 9.47 Å². The normalized spacial score (nSPS) is 14.4. The zero-order chi connectivity index (χ0) is 27.1. The number of para-hydroxylation sites is 1. The molecule has 0 saturated heterocycles. The fraction of sp³-hybridized carbons (Fsp3) is 0.355. The molecule has 38 heavy (non-hydrogen) atoms. The van der Waals surface area contributed by atoms with Crippen LogP contribution in [0.3, 0.4) is 0 Å². The molecule has 5 rings (SSSR count). The number of fused-ring (bicyclic) bond motifs is 2. The van der Waals surface area contributed by atoms with E-state index in [0.717, 1.165) is 69.2 Å². The maximum absolute atomic E-state index is 15.3. The maximum atomic E-state index is 15.3. The number of hydrogen-bond donors (Lipinski definition) is 0. The predicted octanol–water partition coefficient (Wildman–Crippen LogP) is 5.83. The molecular formula is C31H31F2NO4. The Morgan fingerprint density at radius 3 is 2.58 bits per heavy atom. The van der Waals surface area contributed by atoms with Gasteiger partial charge in [-0.05, 0) is 103 Å². The van der Waals surface area contributed by atoms with Crippen LogP contribution in [0.4, 0.5) is 8.78 Å². The van der Waals surface area contributed by atoms with Gasteiger partial charge in [0.15, 0.2) is 23.1 Å². The molecule has 0 N–H and O–H groups in total. The Morgan fingerprint density at radius 1 is 1.05 bits per heavy atom. The number of ether oxygens (including phenoxy) is 2. The Morgan fingerprint density at radius 2 is 1.84 bits per heavy atom. The summed E-state index contributed by atoms with van der Waals surface area (Å²) in [5, 5.41) is 0. The van der Waals surface area contributed by atoms with Crippen molar-refractivity contribution in [3.05, 3.63) is 80.4 Å². The molecule has 0 bridgehead atoms. The maximum Gasteiger partial charge on any atom is 0.258 e. The highest BCUT2D eigenvalue weighted by molar-refractivity contribution is 5.97. The minimum Gasteiger partial charge on any atom is -0.493 e. The van der Waals surface area contributed by atoms with Gasteiger partial charge in [-0.25, -0.2) is 8.78 Å². The highest BCUT2D eigenvalue weighted by atomic mass is 19.1. The number of hydrogen-bond acceptors (Lipinski definition) is 4. The molecule has 0 radical (unpaired) electrons. The SMILES string of the molecule is COc1c(F)cccc1C(=O)N1CCc2c(C)c(CC=O)c(-c3cc(F)c4c(c3C)CCCO4)c(C)c2C1. The van der Waals surface area contributed by atoms with E-state index in [-0.39, 0.29) is 23.6 Å². The quantitative estimate of drug-likeness (QED) is 0.398. The van der Waals surface area contributed by atoms with Crippen molar-refractivity contribution in [2.45, 2.75) is 53.0 Å². The Kier molecular flexibility index (Phi) is 6.95. The average molecular weight is 520 g/mol. The summed E-state index contributed by atoms with van der Waals surface area (Å²) in [5.74, 6) is -1.04. The second kappa shape index (κ2) is 10.2. The van der Waals surface area contributed by atoms with E-state index < -0.39 is 11.6 Å². The zero-order valence-electron chi connectivity index (χ0n) is 22.2. The molecule has 0 aromatic heterocycles. The number of halogens is 2. The summed E-state index contributed by atoms with van der Waals surface area (Å²) in [5.41, 5.74) is 8.49. The molecule has 0 aliphatic carbocycles. The topological polar surface area (TPSA) is 55.8 Å². The summed E-state index contributed by atoms with van der Waals surface area (Å²) < 4.78 is 40.4. The molecule has 198 valence electrons. The summed E-state index contributed by atoms with van der Waals surface area (Å²) in [6.07, 6.45) is 3.26. The van der Waals surface area contributed by atoms with E-state index >= 15 is 4.39 Å². The van der Waals surface area contributed by atoms with Gasteiger partial charge in [-0.3, -0.25) is 4.79 Å². The van der Waals surface area contributed by atoms with Crippen molar-refractivity contribution < 1.29 is 27.8 Å². The van der Waals surface area contributed by atoms with Gasteiger partial charge >= 0.3 is 0 Å². The smallest absolute Gasteiger partial charge is 0.258 e. The summed E-state index contributed by atoms with van der Waals surface area (Å²) in [4.78, 5) is 27.0. The first kappa shape index (κ1) is 25.9. The van der Waals surface area contributed by atoms with Crippen LogP contribution in [-0.4, -0.2) is 37.4 Å². The lowest BCUT2D eigenvalue weighted by Crippen LogP contribution is -2.37. The van der Waals surface area contributed by atoms with E-state index in [9.17, 15) is 14.0 Å². The molecule has 2 aliphatic rings. The number of methoxy groups -OCH3 is 1. The van der Waals surface area contributed by atoms with E-state index in [0.29, 0.717) is 31.9 Å². The Bertz CT molecular complexity index is 1460. The van der Waals surface area contributed by atoms with Gasteiger partial charge in [-0.15, -0.1) is 0 Å². The van der Waals surface area contributed by atoms with Crippen molar-refractivity contribution in [3.8, 4) is 22.6 Å². The van der Waals surface area contributed by atoms with Crippen LogP contribution >= 0.6 is 0 Å². The fourth-order valence-corrected chi connectivity index (χ4v) is 6.12. The van der Waals surface area contributed by atoms with Crippen molar-refractivity contribution in [3.63, 3.8) is 0 Å². The van der Waals surface area contributed by atoms with Crippen molar-refractivity contribution in [1.82, 2.24) is 4.90 Å². The first-order chi connectivity index (χ1) is 18.3. The van der Waals surface area contributed by atoms with Crippen LogP contribution in [0.15, 0.2) is 24.3 Å². The molecule has 0 atom stereocenters. The van der Waals surface area contributed by atoms with Gasteiger partial charge < -0.3 is 19.2 Å². The number of benzene rings is 3. The van der Waals surface area contributed by atoms with Crippen molar-refractivity contribution in [2.24, 2.45) is 0 Å². The largest absolute Gasteiger partial charge is 0.493 e. The number of carbonyl (C=O) groups excluding carboxylic acids is 2. The van der Waals surface area contributed by atoms with Gasteiger partial charge in [0, 0.05) is 25.1 Å². The zero-order valence-corrected chi connectivity index (χ0v) is 22.2. The monoisotopic (exact) mass is 519 g/mol. The summed E-state index contributed by atoms with van der Waals surface area (Å²) in [6.45, 7) is 7.23. The molecule has 7 heteroatoms. The van der Waals surface area contributed by atoms with Gasteiger partial charge in [0.1, 0.15) is 6.29 Å². The van der Waals surface area contributed by atoms with Crippen LogP contribution in [-0.2, 0) is 30.6 Å². The fourth-order valence-electron chi connectivity index (χ4n) is 6.12. The van der Waals surface area contributed by atoms with Gasteiger partial charge in [-0.1, -0.05) is 6.07 Å². The lowest BCUT2D eigenvalue weighted by molar-refractivity contribution is -0.107. The molecule has 1 amide bonds. The second-order valence-corrected chi connectivity index (χ2v) is 10.0. The number of aldehydes is 1. The summed E-state index contributed by atoms with van der Waals surface area (Å²) >= 11 is 0. The minimum absolute atomic E-state index is 0.0689. The Hall–Kier alpha value is -3.74. The molecule has 0 fully saturated rings. The number of amides is 1. The van der Waals surface area contributed by atoms with Crippen molar-refractivity contribution in [2.75, 3.05) is 20.3 Å². The van der Waals surface area contributed by atoms with Crippen LogP contribution in [0.25, 0.3) is 11.1 Å². The van der Waals surface area contributed by atoms with E-state index in [2.05, 4.69) is 0 Å². The van der Waals surface area contributed by atoms with Gasteiger partial charge in [-0.2, -0.15) is 0 Å². The Labute approximate surface area is 221 Å². The first-order valence-electron chi connectivity index (χ1n) is 12.9. The third-order valence-corrected chi connectivity index (χ3v) is 8.06. The van der Waals surface area contributed by atoms with E-state index in [4.69, 9.17) is 9.47 Å². The summed E-state index contributed by atoms with van der Waals surface area (Å²) in [7, 11) is 1.35. The lowest BCUT2D eigenvalue weighted by Gasteiger charge is -2.34. The molecule has 0 saturated carbocycles. The molecular weight excluding hydrogens is 488 g/mol. The number of rotatable bonds is 5. The van der Waals surface area contributed by atoms with Gasteiger partial charge in [0.2, 0.25) is 0 Å². The van der Waals surface area contributed by atoms with E-state index in [1.807, 2.05) is 20.8 Å². The molecule has 0 spiro atoms. The standard InChI is InChI=1S/C31H31F2NO4/c1-17-20-10-12-34(31(36)23-7-5-9-26(32)29(23)37-4)16-25(20)19(3)28(21(17)11-13-35)24-15-27(33)30-22(18(24)2)8-6-14-38-30/h5,7,9,13,15H,6,8,10-12,14,16H2,1-4H3. The Balaban J connectivity index is 1.65. The first-order valence-corrected chi connectivity index (χ1v) is 12.9. The molecule has 0 unspecified atom stereocenters. The predicted molar refractivity (Wildman–Crippen MR) is 141 cm³/mol. The van der Waals surface area contributed by atoms with Gasteiger partial charge in [0.25, 0.3) is 5.91 Å². The molecule has 5 nitrogen and oxygen atoms in total. The van der Waals surface area contributed by atoms with Crippen molar-refractivity contribution >= 4 is 12.2 Å². The highest BCUT2D eigenvalue weighted by Crippen LogP contribution is 2.43. The molecule has 2 aliphatic heterocycles. The number of nitrogens with zero attached hydrogens (tertiary/aromatic N) is 1. The number of carbonyl (C=O) groups is 2. The second-order valence-electron chi connectivity index (χ2n) is 10.0. The average Bonchev–Trinajstić information content (AvgIpc) is 2.93. The highest BCUT2D eigenvalue weighted by Gasteiger charge is 2.31. The van der Waals surface area contributed by atoms with Crippen LogP contribution in [0.5, 0.6) is 11.5 Å². The van der Waals surface area contributed by atoms with Crippen LogP contribution in [0.2, 0.25) is 0 Å². The lowest BCUT2D eigenvalue weighted by atomic mass is 9.79. The third-order valence-electron chi connectivity index (χ3n) is 8.06. The van der Waals surface area contributed by atoms with Gasteiger partial charge in [0.05, 0.1) is 19.3 Å². The van der Waals surface area contributed by atoms with E-state index in [1.165, 1.54) is 25.3 Å². The van der Waals surface area contributed by atoms with Crippen LogP contribution in [0, 0.1) is 32.4 Å². The van der Waals surface area contributed by atoms with E-state index in [1.54, 1.807) is 11.0 Å². The molecule has 2 heterocycles. The molecule has 3 aromatic carbocycles. The van der Waals surface area contributed by atoms with Crippen LogP contribution in [0.1, 0.15) is 55.7 Å². The molecule has 3 aromatic rings. The summed E-state index contributed by atoms with van der Waals surface area (Å²) in [6, 6.07) is 5.85. The third kappa shape index (κ3) is 4.14.